The topological polar surface area (TPSA) is 0 Å². The molecule has 3 saturated carbocycles. The van der Waals surface area contributed by atoms with Crippen LogP contribution in [0.5, 0.6) is 0 Å². The van der Waals surface area contributed by atoms with E-state index in [0.717, 1.165) is 41.4 Å². The number of rotatable bonds is 5. The minimum absolute atomic E-state index is 0.852. The Morgan fingerprint density at radius 2 is 1.08 bits per heavy atom. The summed E-state index contributed by atoms with van der Waals surface area (Å²) in [5, 5.41) is 0. The molecule has 0 nitrogen and oxygen atoms in total. The molecule has 0 aliphatic heterocycles. The van der Waals surface area contributed by atoms with E-state index in [9.17, 15) is 0 Å². The van der Waals surface area contributed by atoms with Gasteiger partial charge in [-0.1, -0.05) is 90.7 Å². The lowest BCUT2D eigenvalue weighted by Crippen LogP contribution is -2.29. The predicted octanol–water partition coefficient (Wildman–Crippen LogP) is 8.03. The Labute approximate surface area is 158 Å². The van der Waals surface area contributed by atoms with Gasteiger partial charge in [-0.25, -0.2) is 0 Å². The summed E-state index contributed by atoms with van der Waals surface area (Å²) in [5.41, 5.74) is 1.68. The van der Waals surface area contributed by atoms with E-state index in [1.54, 1.807) is 5.57 Å². The van der Waals surface area contributed by atoms with Crippen molar-refractivity contribution >= 4 is 0 Å². The molecule has 0 heteroatoms. The van der Waals surface area contributed by atoms with Crippen LogP contribution in [0.25, 0.3) is 0 Å². The zero-order chi connectivity index (χ0) is 17.8. The van der Waals surface area contributed by atoms with Gasteiger partial charge in [-0.05, 0) is 67.1 Å². The summed E-state index contributed by atoms with van der Waals surface area (Å²) in [7, 11) is 0. The van der Waals surface area contributed by atoms with Crippen molar-refractivity contribution in [2.24, 2.45) is 41.4 Å². The van der Waals surface area contributed by atoms with E-state index >= 15 is 0 Å². The molecule has 3 aliphatic carbocycles. The summed E-state index contributed by atoms with van der Waals surface area (Å²) in [6.07, 6.45) is 19.1. The quantitative estimate of drug-likeness (QED) is 0.443. The molecule has 25 heavy (non-hydrogen) atoms. The molecule has 2 atom stereocenters. The minimum atomic E-state index is 0.852. The molecule has 0 aromatic carbocycles. The van der Waals surface area contributed by atoms with Gasteiger partial charge in [0, 0.05) is 0 Å². The van der Waals surface area contributed by atoms with Crippen molar-refractivity contribution in [2.75, 3.05) is 0 Å². The van der Waals surface area contributed by atoms with Crippen molar-refractivity contribution in [3.8, 4) is 0 Å². The summed E-state index contributed by atoms with van der Waals surface area (Å²) >= 11 is 0. The van der Waals surface area contributed by atoms with Gasteiger partial charge in [-0.3, -0.25) is 0 Å². The molecule has 2 unspecified atom stereocenters. The van der Waals surface area contributed by atoms with Crippen LogP contribution >= 0.6 is 0 Å². The third-order valence-electron chi connectivity index (χ3n) is 8.37. The molecule has 0 aromatic heterocycles. The van der Waals surface area contributed by atoms with Crippen molar-refractivity contribution in [1.29, 1.82) is 0 Å². The van der Waals surface area contributed by atoms with E-state index in [0.29, 0.717) is 0 Å². The Morgan fingerprint density at radius 3 is 1.44 bits per heavy atom. The molecule has 0 spiro atoms. The van der Waals surface area contributed by atoms with E-state index in [1.165, 1.54) is 83.5 Å². The van der Waals surface area contributed by atoms with Gasteiger partial charge in [-0.15, -0.1) is 0 Å². The second-order valence-corrected chi connectivity index (χ2v) is 10.4. The van der Waals surface area contributed by atoms with Crippen molar-refractivity contribution in [3.63, 3.8) is 0 Å². The van der Waals surface area contributed by atoms with Gasteiger partial charge in [0.25, 0.3) is 0 Å². The highest BCUT2D eigenvalue weighted by atomic mass is 14.4. The van der Waals surface area contributed by atoms with Gasteiger partial charge in [0.2, 0.25) is 0 Å². The lowest BCUT2D eigenvalue weighted by molar-refractivity contribution is 0.174. The molecule has 0 bridgehead atoms. The fourth-order valence-corrected chi connectivity index (χ4v) is 6.30. The van der Waals surface area contributed by atoms with E-state index < -0.39 is 0 Å². The Bertz CT molecular complexity index is 370. The molecule has 0 N–H and O–H groups in total. The van der Waals surface area contributed by atoms with Gasteiger partial charge in [0.05, 0.1) is 0 Å². The smallest absolute Gasteiger partial charge is 0.0198 e. The third-order valence-corrected chi connectivity index (χ3v) is 8.37. The first-order valence-corrected chi connectivity index (χ1v) is 11.7. The average molecular weight is 345 g/mol. The van der Waals surface area contributed by atoms with Gasteiger partial charge >= 0.3 is 0 Å². The zero-order valence-electron chi connectivity index (χ0n) is 17.4. The highest BCUT2D eigenvalue weighted by molar-refractivity contribution is 5.11. The summed E-state index contributed by atoms with van der Waals surface area (Å²) in [6.45, 7) is 12.0. The maximum absolute atomic E-state index is 4.71. The molecule has 0 aromatic rings. The summed E-state index contributed by atoms with van der Waals surface area (Å²) < 4.78 is 0. The van der Waals surface area contributed by atoms with Crippen LogP contribution in [0.4, 0.5) is 0 Å². The molecular formula is C25H44. The monoisotopic (exact) mass is 344 g/mol. The van der Waals surface area contributed by atoms with Crippen LogP contribution in [0.3, 0.4) is 0 Å². The fraction of sp³-hybridized carbons (Fsp3) is 0.920. The van der Waals surface area contributed by atoms with E-state index in [4.69, 9.17) is 6.58 Å². The SMILES string of the molecule is C=C1C(CC2CCC(C)CC2)CC(CC)CC1CC1CCC(C)CC1. The second kappa shape index (κ2) is 9.09. The lowest BCUT2D eigenvalue weighted by Gasteiger charge is -2.41. The molecule has 3 fully saturated rings. The van der Waals surface area contributed by atoms with Crippen molar-refractivity contribution in [2.45, 2.75) is 104 Å². The lowest BCUT2D eigenvalue weighted by atomic mass is 9.64. The Hall–Kier alpha value is -0.260. The maximum Gasteiger partial charge on any atom is -0.0198 e. The fourth-order valence-electron chi connectivity index (χ4n) is 6.30. The molecule has 3 aliphatic rings. The van der Waals surface area contributed by atoms with Gasteiger partial charge in [0.1, 0.15) is 0 Å². The molecule has 0 amide bonds. The van der Waals surface area contributed by atoms with Crippen molar-refractivity contribution in [3.05, 3.63) is 12.2 Å². The van der Waals surface area contributed by atoms with Crippen LogP contribution in [0.1, 0.15) is 104 Å². The van der Waals surface area contributed by atoms with Crippen LogP contribution in [0.15, 0.2) is 12.2 Å². The summed E-state index contributed by atoms with van der Waals surface area (Å²) in [6, 6.07) is 0. The first-order valence-electron chi connectivity index (χ1n) is 11.7. The Balaban J connectivity index is 1.56. The van der Waals surface area contributed by atoms with Gasteiger partial charge in [0.15, 0.2) is 0 Å². The number of hydrogen-bond acceptors (Lipinski definition) is 0. The largest absolute Gasteiger partial charge is 0.0993 e. The second-order valence-electron chi connectivity index (χ2n) is 10.4. The van der Waals surface area contributed by atoms with Crippen LogP contribution in [-0.2, 0) is 0 Å². The third kappa shape index (κ3) is 5.36. The van der Waals surface area contributed by atoms with E-state index in [2.05, 4.69) is 20.8 Å². The standard InChI is InChI=1S/C25H44/c1-5-21-14-24(16-22-10-6-18(2)7-11-22)20(4)25(15-21)17-23-12-8-19(3)9-13-23/h18-19,21-25H,4-17H2,1-3H3. The normalized spacial score (nSPS) is 43.2. The minimum Gasteiger partial charge on any atom is -0.0993 e. The van der Waals surface area contributed by atoms with E-state index in [-0.39, 0.29) is 0 Å². The van der Waals surface area contributed by atoms with Crippen molar-refractivity contribution in [1.82, 2.24) is 0 Å². The molecule has 144 valence electrons. The maximum atomic E-state index is 4.71. The molecule has 0 radical (unpaired) electrons. The molecular weight excluding hydrogens is 300 g/mol. The van der Waals surface area contributed by atoms with Crippen LogP contribution in [-0.4, -0.2) is 0 Å². The molecule has 0 saturated heterocycles. The Morgan fingerprint density at radius 1 is 0.680 bits per heavy atom. The Kier molecular flexibility index (Phi) is 7.09. The van der Waals surface area contributed by atoms with Gasteiger partial charge in [-0.2, -0.15) is 0 Å². The van der Waals surface area contributed by atoms with Gasteiger partial charge < -0.3 is 0 Å². The van der Waals surface area contributed by atoms with Crippen LogP contribution in [0.2, 0.25) is 0 Å². The number of allylic oxidation sites excluding steroid dienone is 1. The first kappa shape index (κ1) is 19.5. The predicted molar refractivity (Wildman–Crippen MR) is 111 cm³/mol. The molecule has 3 rings (SSSR count). The average Bonchev–Trinajstić information content (AvgIpc) is 2.62. The van der Waals surface area contributed by atoms with E-state index in [1.807, 2.05) is 0 Å². The highest BCUT2D eigenvalue weighted by Gasteiger charge is 2.34. The number of hydrogen-bond donors (Lipinski definition) is 0. The van der Waals surface area contributed by atoms with Crippen LogP contribution in [0, 0.1) is 41.4 Å². The molecule has 0 heterocycles. The zero-order valence-corrected chi connectivity index (χ0v) is 17.4. The van der Waals surface area contributed by atoms with Crippen molar-refractivity contribution < 1.29 is 0 Å². The summed E-state index contributed by atoms with van der Waals surface area (Å²) in [5.74, 6) is 6.65. The highest BCUT2D eigenvalue weighted by Crippen LogP contribution is 2.47. The summed E-state index contributed by atoms with van der Waals surface area (Å²) in [4.78, 5) is 0. The first-order chi connectivity index (χ1) is 12.0. The van der Waals surface area contributed by atoms with Crippen LogP contribution < -0.4 is 0 Å².